The molecule has 1 N–H and O–H groups in total. The summed E-state index contributed by atoms with van der Waals surface area (Å²) in [5.41, 5.74) is 2.94. The van der Waals surface area contributed by atoms with Crippen molar-refractivity contribution < 1.29 is 0 Å². The van der Waals surface area contributed by atoms with E-state index in [4.69, 9.17) is 0 Å². The molecule has 1 aromatic heterocycles. The molecule has 2 fully saturated rings. The molecule has 3 heterocycles. The Hall–Kier alpha value is -0.880. The fraction of sp³-hybridized carbons (Fsp3) is 0.471. The topological polar surface area (TPSA) is 33.1 Å². The van der Waals surface area contributed by atoms with Gasteiger partial charge in [-0.25, -0.2) is 4.68 Å². The molecule has 2 aliphatic heterocycles. The van der Waals surface area contributed by atoms with E-state index in [1.165, 1.54) is 44.6 Å². The van der Waals surface area contributed by atoms with E-state index in [0.29, 0.717) is 5.41 Å². The van der Waals surface area contributed by atoms with Gasteiger partial charge in [-0.2, -0.15) is 5.10 Å². The summed E-state index contributed by atoms with van der Waals surface area (Å²) in [6, 6.07) is 8.26. The monoisotopic (exact) mass is 396 g/mol. The van der Waals surface area contributed by atoms with E-state index in [1.54, 1.807) is 0 Å². The molecule has 0 amide bonds. The predicted octanol–water partition coefficient (Wildman–Crippen LogP) is 3.24. The molecule has 0 saturated carbocycles. The quantitative estimate of drug-likeness (QED) is 0.863. The van der Waals surface area contributed by atoms with Gasteiger partial charge in [-0.3, -0.25) is 4.90 Å². The number of benzene rings is 1. The molecule has 2 aromatic rings. The minimum atomic E-state index is 0. The first kappa shape index (κ1) is 17.0. The summed E-state index contributed by atoms with van der Waals surface area (Å²) in [7, 11) is 0. The van der Waals surface area contributed by atoms with Crippen molar-refractivity contribution >= 4 is 28.3 Å². The van der Waals surface area contributed by atoms with E-state index in [0.717, 1.165) is 16.7 Å². The Morgan fingerprint density at radius 2 is 2.04 bits per heavy atom. The van der Waals surface area contributed by atoms with Crippen molar-refractivity contribution in [2.45, 2.75) is 19.4 Å². The van der Waals surface area contributed by atoms with E-state index in [2.05, 4.69) is 49.6 Å². The molecular formula is C17H22BrClN4. The second-order valence-corrected chi connectivity index (χ2v) is 7.57. The second kappa shape index (κ2) is 6.93. The van der Waals surface area contributed by atoms with Gasteiger partial charge in [-0.05, 0) is 55.6 Å². The Labute approximate surface area is 151 Å². The summed E-state index contributed by atoms with van der Waals surface area (Å²) in [6.45, 7) is 5.84. The van der Waals surface area contributed by atoms with Crippen LogP contribution in [0.2, 0.25) is 0 Å². The van der Waals surface area contributed by atoms with Gasteiger partial charge < -0.3 is 5.32 Å². The molecule has 4 nitrogen and oxygen atoms in total. The summed E-state index contributed by atoms with van der Waals surface area (Å²) in [5, 5.41) is 8.03. The van der Waals surface area contributed by atoms with Gasteiger partial charge in [-0.1, -0.05) is 15.9 Å². The highest BCUT2D eigenvalue weighted by atomic mass is 79.9. The lowest BCUT2D eigenvalue weighted by atomic mass is 9.87. The highest BCUT2D eigenvalue weighted by molar-refractivity contribution is 9.10. The van der Waals surface area contributed by atoms with Crippen LogP contribution in [0.1, 0.15) is 18.4 Å². The number of halogens is 2. The number of aromatic nitrogens is 2. The molecular weight excluding hydrogens is 376 g/mol. The zero-order valence-electron chi connectivity index (χ0n) is 13.0. The SMILES string of the molecule is Brc1ccc(-n2cc(CN3CCC4(CCNC4)C3)cn2)cc1.Cl. The molecule has 23 heavy (non-hydrogen) atoms. The third-order valence-corrected chi connectivity index (χ3v) is 5.51. The van der Waals surface area contributed by atoms with E-state index in [9.17, 15) is 0 Å². The lowest BCUT2D eigenvalue weighted by Crippen LogP contribution is -2.28. The predicted molar refractivity (Wildman–Crippen MR) is 98.3 cm³/mol. The van der Waals surface area contributed by atoms with Gasteiger partial charge in [0.2, 0.25) is 0 Å². The van der Waals surface area contributed by atoms with Gasteiger partial charge in [0.1, 0.15) is 0 Å². The van der Waals surface area contributed by atoms with Crippen LogP contribution in [-0.2, 0) is 6.54 Å². The summed E-state index contributed by atoms with van der Waals surface area (Å²) < 4.78 is 3.06. The number of nitrogens with zero attached hydrogens (tertiary/aromatic N) is 3. The molecule has 1 atom stereocenters. The Balaban J connectivity index is 0.00000156. The third-order valence-electron chi connectivity index (χ3n) is 4.98. The van der Waals surface area contributed by atoms with E-state index < -0.39 is 0 Å². The molecule has 4 rings (SSSR count). The first-order valence-corrected chi connectivity index (χ1v) is 8.74. The third kappa shape index (κ3) is 3.63. The highest BCUT2D eigenvalue weighted by Gasteiger charge is 2.40. The van der Waals surface area contributed by atoms with Gasteiger partial charge >= 0.3 is 0 Å². The first-order chi connectivity index (χ1) is 10.7. The fourth-order valence-corrected chi connectivity index (χ4v) is 4.01. The van der Waals surface area contributed by atoms with Gasteiger partial charge in [0.25, 0.3) is 0 Å². The zero-order valence-corrected chi connectivity index (χ0v) is 15.4. The van der Waals surface area contributed by atoms with Crippen molar-refractivity contribution in [3.63, 3.8) is 0 Å². The van der Waals surface area contributed by atoms with Crippen LogP contribution in [0.15, 0.2) is 41.1 Å². The molecule has 6 heteroatoms. The van der Waals surface area contributed by atoms with Crippen molar-refractivity contribution in [2.24, 2.45) is 5.41 Å². The lowest BCUT2D eigenvalue weighted by molar-refractivity contribution is 0.268. The average Bonchev–Trinajstić information content (AvgIpc) is 3.24. The highest BCUT2D eigenvalue weighted by Crippen LogP contribution is 2.36. The molecule has 1 spiro atoms. The van der Waals surface area contributed by atoms with Gasteiger partial charge in [0, 0.05) is 35.9 Å². The molecule has 2 saturated heterocycles. The maximum atomic E-state index is 4.51. The van der Waals surface area contributed by atoms with Gasteiger partial charge in [-0.15, -0.1) is 12.4 Å². The standard InChI is InChI=1S/C17H21BrN4.ClH/c18-15-1-3-16(4-2-15)22-11-14(9-20-22)10-21-8-6-17(13-21)5-7-19-12-17;/h1-4,9,11,19H,5-8,10,12-13H2;1H. The molecule has 124 valence electrons. The van der Waals surface area contributed by atoms with Crippen LogP contribution in [0.4, 0.5) is 0 Å². The van der Waals surface area contributed by atoms with E-state index >= 15 is 0 Å². The van der Waals surface area contributed by atoms with Gasteiger partial charge in [0.05, 0.1) is 11.9 Å². The fourth-order valence-electron chi connectivity index (χ4n) is 3.74. The normalized spacial score (nSPS) is 24.2. The lowest BCUT2D eigenvalue weighted by Gasteiger charge is -2.22. The smallest absolute Gasteiger partial charge is 0.0646 e. The zero-order chi connectivity index (χ0) is 15.0. The molecule has 0 aliphatic carbocycles. The van der Waals surface area contributed by atoms with Crippen LogP contribution in [0.25, 0.3) is 5.69 Å². The van der Waals surface area contributed by atoms with Crippen molar-refractivity contribution in [1.29, 1.82) is 0 Å². The Morgan fingerprint density at radius 1 is 1.22 bits per heavy atom. The number of likely N-dealkylation sites (tertiary alicyclic amines) is 1. The number of hydrogen-bond donors (Lipinski definition) is 1. The Kier molecular flexibility index (Phi) is 5.11. The van der Waals surface area contributed by atoms with Crippen LogP contribution in [0.5, 0.6) is 0 Å². The maximum absolute atomic E-state index is 4.51. The minimum Gasteiger partial charge on any atom is -0.316 e. The molecule has 0 bridgehead atoms. The van der Waals surface area contributed by atoms with E-state index in [-0.39, 0.29) is 12.4 Å². The van der Waals surface area contributed by atoms with Crippen LogP contribution in [-0.4, -0.2) is 40.9 Å². The average molecular weight is 398 g/mol. The largest absolute Gasteiger partial charge is 0.316 e. The number of hydrogen-bond acceptors (Lipinski definition) is 3. The van der Waals surface area contributed by atoms with Crippen LogP contribution in [0, 0.1) is 5.41 Å². The number of nitrogens with one attached hydrogen (secondary N) is 1. The summed E-state index contributed by atoms with van der Waals surface area (Å²) >= 11 is 3.47. The summed E-state index contributed by atoms with van der Waals surface area (Å²) in [6.07, 6.45) is 6.82. The van der Waals surface area contributed by atoms with E-state index in [1.807, 2.05) is 23.0 Å². The molecule has 0 radical (unpaired) electrons. The minimum absolute atomic E-state index is 0. The summed E-state index contributed by atoms with van der Waals surface area (Å²) in [5.74, 6) is 0. The molecule has 1 aromatic carbocycles. The molecule has 1 unspecified atom stereocenters. The first-order valence-electron chi connectivity index (χ1n) is 7.95. The van der Waals surface area contributed by atoms with Crippen LogP contribution < -0.4 is 5.32 Å². The molecule has 2 aliphatic rings. The number of rotatable bonds is 3. The van der Waals surface area contributed by atoms with Crippen molar-refractivity contribution in [3.05, 3.63) is 46.7 Å². The Bertz CT molecular complexity index is 649. The van der Waals surface area contributed by atoms with Crippen molar-refractivity contribution in [3.8, 4) is 5.69 Å². The van der Waals surface area contributed by atoms with Gasteiger partial charge in [0.15, 0.2) is 0 Å². The second-order valence-electron chi connectivity index (χ2n) is 6.66. The van der Waals surface area contributed by atoms with Crippen molar-refractivity contribution in [1.82, 2.24) is 20.0 Å². The maximum Gasteiger partial charge on any atom is 0.0646 e. The van der Waals surface area contributed by atoms with Crippen LogP contribution in [0.3, 0.4) is 0 Å². The van der Waals surface area contributed by atoms with Crippen LogP contribution >= 0.6 is 28.3 Å². The Morgan fingerprint density at radius 3 is 2.78 bits per heavy atom. The van der Waals surface area contributed by atoms with Crippen molar-refractivity contribution in [2.75, 3.05) is 26.2 Å². The summed E-state index contributed by atoms with van der Waals surface area (Å²) in [4.78, 5) is 2.58.